The summed E-state index contributed by atoms with van der Waals surface area (Å²) in [6.07, 6.45) is 0.264. The molecule has 7 nitrogen and oxygen atoms in total. The van der Waals surface area contributed by atoms with Crippen LogP contribution < -0.4 is 10.2 Å². The maximum Gasteiger partial charge on any atom is 0.329 e. The van der Waals surface area contributed by atoms with E-state index in [0.29, 0.717) is 17.3 Å². The number of anilines is 1. The number of halogens is 1. The van der Waals surface area contributed by atoms with Gasteiger partial charge in [-0.3, -0.25) is 9.59 Å². The summed E-state index contributed by atoms with van der Waals surface area (Å²) in [5.41, 5.74) is 2.33. The van der Waals surface area contributed by atoms with Crippen LogP contribution in [-0.4, -0.2) is 47.0 Å². The molecule has 1 saturated heterocycles. The predicted molar refractivity (Wildman–Crippen MR) is 114 cm³/mol. The van der Waals surface area contributed by atoms with E-state index in [9.17, 15) is 19.5 Å². The monoisotopic (exact) mass is 429 g/mol. The Morgan fingerprint density at radius 2 is 1.93 bits per heavy atom. The number of hydrogen-bond acceptors (Lipinski definition) is 4. The van der Waals surface area contributed by atoms with Gasteiger partial charge in [0.2, 0.25) is 5.91 Å². The van der Waals surface area contributed by atoms with Crippen LogP contribution in [-0.2, 0) is 16.1 Å². The topological polar surface area (TPSA) is 90.0 Å². The van der Waals surface area contributed by atoms with Gasteiger partial charge in [-0.25, -0.2) is 9.69 Å². The lowest BCUT2D eigenvalue weighted by molar-refractivity contribution is -0.132. The fourth-order valence-electron chi connectivity index (χ4n) is 3.39. The van der Waals surface area contributed by atoms with Crippen molar-refractivity contribution < 1.29 is 19.5 Å². The van der Waals surface area contributed by atoms with Crippen LogP contribution in [0.4, 0.5) is 10.5 Å². The number of aliphatic hydroxyl groups is 1. The zero-order valence-corrected chi connectivity index (χ0v) is 17.4. The minimum atomic E-state index is -0.756. The standard InChI is InChI=1S/C22H24ClN3O4/c1-15-3-2-4-18(13-15)26-21(29)19(24-22(26)30)9-10-20(28)25(11-12-27)14-16-5-7-17(23)8-6-16/h2-8,13,19,27H,9-12,14H2,1H3,(H,24,30). The summed E-state index contributed by atoms with van der Waals surface area (Å²) in [6, 6.07) is 13.0. The van der Waals surface area contributed by atoms with Crippen molar-refractivity contribution >= 4 is 35.1 Å². The minimum absolute atomic E-state index is 0.0753. The number of benzene rings is 2. The minimum Gasteiger partial charge on any atom is -0.395 e. The first-order chi connectivity index (χ1) is 14.4. The molecule has 8 heteroatoms. The molecule has 0 aromatic heterocycles. The van der Waals surface area contributed by atoms with Gasteiger partial charge >= 0.3 is 6.03 Å². The molecular formula is C22H24ClN3O4. The zero-order valence-electron chi connectivity index (χ0n) is 16.7. The Morgan fingerprint density at radius 3 is 2.60 bits per heavy atom. The fraction of sp³-hybridized carbons (Fsp3) is 0.318. The van der Waals surface area contributed by atoms with Crippen molar-refractivity contribution in [3.8, 4) is 0 Å². The summed E-state index contributed by atoms with van der Waals surface area (Å²) in [4.78, 5) is 40.4. The van der Waals surface area contributed by atoms with Crippen LogP contribution in [0.5, 0.6) is 0 Å². The number of rotatable bonds is 8. The van der Waals surface area contributed by atoms with Crippen LogP contribution in [0.1, 0.15) is 24.0 Å². The van der Waals surface area contributed by atoms with Crippen molar-refractivity contribution in [3.05, 3.63) is 64.7 Å². The third kappa shape index (κ3) is 5.17. The van der Waals surface area contributed by atoms with E-state index in [4.69, 9.17) is 11.6 Å². The molecular weight excluding hydrogens is 406 g/mol. The summed E-state index contributed by atoms with van der Waals surface area (Å²) < 4.78 is 0. The van der Waals surface area contributed by atoms with Gasteiger partial charge < -0.3 is 15.3 Å². The second-order valence-corrected chi connectivity index (χ2v) is 7.66. The number of carbonyl (C=O) groups is 3. The first-order valence-electron chi connectivity index (χ1n) is 9.73. The number of nitrogens with zero attached hydrogens (tertiary/aromatic N) is 2. The lowest BCUT2D eigenvalue weighted by atomic mass is 10.1. The Balaban J connectivity index is 1.61. The maximum atomic E-state index is 12.7. The molecule has 0 spiro atoms. The number of imide groups is 1. The smallest absolute Gasteiger partial charge is 0.329 e. The molecule has 158 valence electrons. The molecule has 4 amide bonds. The number of aryl methyl sites for hydroxylation is 1. The van der Waals surface area contributed by atoms with Crippen LogP contribution >= 0.6 is 11.6 Å². The third-order valence-electron chi connectivity index (χ3n) is 4.94. The van der Waals surface area contributed by atoms with Crippen molar-refractivity contribution in [1.29, 1.82) is 0 Å². The molecule has 1 aliphatic rings. The zero-order chi connectivity index (χ0) is 21.7. The van der Waals surface area contributed by atoms with Gasteiger partial charge in [-0.15, -0.1) is 0 Å². The van der Waals surface area contributed by atoms with Gasteiger partial charge in [0.15, 0.2) is 0 Å². The van der Waals surface area contributed by atoms with E-state index in [-0.39, 0.29) is 37.8 Å². The van der Waals surface area contributed by atoms with Crippen molar-refractivity contribution in [2.75, 3.05) is 18.1 Å². The van der Waals surface area contributed by atoms with Gasteiger partial charge in [-0.1, -0.05) is 35.9 Å². The number of nitrogens with one attached hydrogen (secondary N) is 1. The van der Waals surface area contributed by atoms with Crippen LogP contribution in [0, 0.1) is 6.92 Å². The number of amides is 4. The van der Waals surface area contributed by atoms with Crippen LogP contribution in [0.25, 0.3) is 0 Å². The van der Waals surface area contributed by atoms with Crippen molar-refractivity contribution in [3.63, 3.8) is 0 Å². The molecule has 1 heterocycles. The number of hydrogen-bond donors (Lipinski definition) is 2. The van der Waals surface area contributed by atoms with E-state index in [0.717, 1.165) is 16.0 Å². The molecule has 1 unspecified atom stereocenters. The summed E-state index contributed by atoms with van der Waals surface area (Å²) in [5.74, 6) is -0.570. The highest BCUT2D eigenvalue weighted by atomic mass is 35.5. The molecule has 1 aliphatic heterocycles. The normalized spacial score (nSPS) is 16.0. The highest BCUT2D eigenvalue weighted by molar-refractivity contribution is 6.30. The Hall–Kier alpha value is -2.90. The SMILES string of the molecule is Cc1cccc(N2C(=O)NC(CCC(=O)N(CCO)Cc3ccc(Cl)cc3)C2=O)c1. The fourth-order valence-corrected chi connectivity index (χ4v) is 3.51. The second-order valence-electron chi connectivity index (χ2n) is 7.22. The van der Waals surface area contributed by atoms with Crippen molar-refractivity contribution in [2.24, 2.45) is 0 Å². The van der Waals surface area contributed by atoms with Crippen LogP contribution in [0.3, 0.4) is 0 Å². The Bertz CT molecular complexity index is 932. The Morgan fingerprint density at radius 1 is 1.20 bits per heavy atom. The molecule has 0 aliphatic carbocycles. The first-order valence-corrected chi connectivity index (χ1v) is 10.1. The van der Waals surface area contributed by atoms with Gasteiger partial charge in [-0.2, -0.15) is 0 Å². The molecule has 2 N–H and O–H groups in total. The lowest BCUT2D eigenvalue weighted by Crippen LogP contribution is -2.36. The number of aliphatic hydroxyl groups excluding tert-OH is 1. The molecule has 0 saturated carbocycles. The van der Waals surface area contributed by atoms with Crippen molar-refractivity contribution in [1.82, 2.24) is 10.2 Å². The first kappa shape index (κ1) is 21.8. The predicted octanol–water partition coefficient (Wildman–Crippen LogP) is 2.87. The molecule has 1 atom stereocenters. The summed E-state index contributed by atoms with van der Waals surface area (Å²) >= 11 is 5.89. The Labute approximate surface area is 180 Å². The van der Waals surface area contributed by atoms with Crippen LogP contribution in [0.2, 0.25) is 5.02 Å². The number of carbonyl (C=O) groups excluding carboxylic acids is 3. The quantitative estimate of drug-likeness (QED) is 0.631. The van der Waals surface area contributed by atoms with E-state index < -0.39 is 12.1 Å². The summed E-state index contributed by atoms with van der Waals surface area (Å²) in [5, 5.41) is 12.6. The van der Waals surface area contributed by atoms with Gasteiger partial charge in [0.1, 0.15) is 6.04 Å². The molecule has 3 rings (SSSR count). The molecule has 2 aromatic carbocycles. The van der Waals surface area contributed by atoms with E-state index in [1.165, 1.54) is 4.90 Å². The van der Waals surface area contributed by atoms with Gasteiger partial charge in [-0.05, 0) is 48.7 Å². The van der Waals surface area contributed by atoms with Gasteiger partial charge in [0.05, 0.1) is 12.3 Å². The highest BCUT2D eigenvalue weighted by Gasteiger charge is 2.39. The maximum absolute atomic E-state index is 12.7. The summed E-state index contributed by atoms with van der Waals surface area (Å²) in [7, 11) is 0. The van der Waals surface area contributed by atoms with E-state index >= 15 is 0 Å². The van der Waals surface area contributed by atoms with E-state index in [1.54, 1.807) is 30.3 Å². The molecule has 0 bridgehead atoms. The number of urea groups is 1. The third-order valence-corrected chi connectivity index (χ3v) is 5.19. The van der Waals surface area contributed by atoms with Crippen LogP contribution in [0.15, 0.2) is 48.5 Å². The molecule has 2 aromatic rings. The van der Waals surface area contributed by atoms with Gasteiger partial charge in [0, 0.05) is 24.5 Å². The van der Waals surface area contributed by atoms with E-state index in [1.807, 2.05) is 25.1 Å². The van der Waals surface area contributed by atoms with Gasteiger partial charge in [0.25, 0.3) is 5.91 Å². The average Bonchev–Trinajstić information content (AvgIpc) is 3.00. The molecule has 0 radical (unpaired) electrons. The molecule has 1 fully saturated rings. The largest absolute Gasteiger partial charge is 0.395 e. The lowest BCUT2D eigenvalue weighted by Gasteiger charge is -2.22. The summed E-state index contributed by atoms with van der Waals surface area (Å²) in [6.45, 7) is 2.23. The highest BCUT2D eigenvalue weighted by Crippen LogP contribution is 2.22. The van der Waals surface area contributed by atoms with Crippen molar-refractivity contribution in [2.45, 2.75) is 32.4 Å². The van der Waals surface area contributed by atoms with E-state index in [2.05, 4.69) is 5.32 Å². The average molecular weight is 430 g/mol. The molecule has 30 heavy (non-hydrogen) atoms. The second kappa shape index (κ2) is 9.73. The Kier molecular flexibility index (Phi) is 7.07.